The molecule has 1 rings (SSSR count). The van der Waals surface area contributed by atoms with Crippen molar-refractivity contribution in [3.8, 4) is 5.75 Å². The molecule has 0 aliphatic heterocycles. The van der Waals surface area contributed by atoms with Crippen LogP contribution in [0.1, 0.15) is 31.7 Å². The molecule has 3 N–H and O–H groups in total. The Morgan fingerprint density at radius 3 is 2.48 bits per heavy atom. The molecule has 0 spiro atoms. The van der Waals surface area contributed by atoms with Gasteiger partial charge in [-0.05, 0) is 30.9 Å². The number of benzene rings is 1. The summed E-state index contributed by atoms with van der Waals surface area (Å²) in [5.74, 6) is -4.99. The van der Waals surface area contributed by atoms with E-state index in [-0.39, 0.29) is 11.7 Å². The SMILES string of the molecule is CCCCc1ccc(OCC(CCP(O)NO)C(F)(F)F)c(F)c1F. The Morgan fingerprint density at radius 1 is 1.24 bits per heavy atom. The largest absolute Gasteiger partial charge is 0.490 e. The Morgan fingerprint density at radius 2 is 1.92 bits per heavy atom. The molecule has 0 saturated carbocycles. The van der Waals surface area contributed by atoms with Gasteiger partial charge in [0.15, 0.2) is 11.6 Å². The van der Waals surface area contributed by atoms with E-state index in [0.717, 1.165) is 12.5 Å². The number of rotatable bonds is 10. The third-order valence-electron chi connectivity index (χ3n) is 3.63. The van der Waals surface area contributed by atoms with Crippen LogP contribution in [0.5, 0.6) is 5.75 Å². The first-order valence-corrected chi connectivity index (χ1v) is 9.21. The van der Waals surface area contributed by atoms with Crippen LogP contribution >= 0.6 is 8.30 Å². The number of aryl methyl sites for hydroxylation is 1. The minimum absolute atomic E-state index is 0.152. The van der Waals surface area contributed by atoms with Gasteiger partial charge in [0.25, 0.3) is 0 Å². The maximum Gasteiger partial charge on any atom is 0.395 e. The summed E-state index contributed by atoms with van der Waals surface area (Å²) in [4.78, 5) is 9.13. The van der Waals surface area contributed by atoms with Gasteiger partial charge in [-0.3, -0.25) is 0 Å². The molecule has 0 heterocycles. The third-order valence-corrected chi connectivity index (χ3v) is 4.55. The molecular formula is C15H21F5NO3P. The van der Waals surface area contributed by atoms with Crippen molar-refractivity contribution in [3.05, 3.63) is 29.3 Å². The van der Waals surface area contributed by atoms with E-state index in [2.05, 4.69) is 0 Å². The topological polar surface area (TPSA) is 61.7 Å². The number of ether oxygens (including phenoxy) is 1. The smallest absolute Gasteiger partial charge is 0.395 e. The first kappa shape index (κ1) is 22.0. The number of alkyl halides is 3. The second-order valence-corrected chi connectivity index (χ2v) is 6.96. The van der Waals surface area contributed by atoms with E-state index in [9.17, 15) is 22.0 Å². The molecule has 0 aromatic heterocycles. The Bertz CT molecular complexity index is 545. The Hall–Kier alpha value is -1.02. The maximum absolute atomic E-state index is 13.9. The molecule has 4 nitrogen and oxygen atoms in total. The van der Waals surface area contributed by atoms with Crippen molar-refractivity contribution in [1.82, 2.24) is 5.25 Å². The summed E-state index contributed by atoms with van der Waals surface area (Å²) in [5, 5.41) is 9.93. The van der Waals surface area contributed by atoms with E-state index in [0.29, 0.717) is 12.8 Å². The molecule has 1 aromatic carbocycles. The van der Waals surface area contributed by atoms with Gasteiger partial charge in [-0.15, -0.1) is 0 Å². The highest BCUT2D eigenvalue weighted by Crippen LogP contribution is 2.34. The lowest BCUT2D eigenvalue weighted by atomic mass is 10.1. The summed E-state index contributed by atoms with van der Waals surface area (Å²) in [7, 11) is -2.13. The van der Waals surface area contributed by atoms with Crippen LogP contribution in [0.4, 0.5) is 22.0 Å². The van der Waals surface area contributed by atoms with Crippen LogP contribution in [-0.2, 0) is 6.42 Å². The Balaban J connectivity index is 2.77. The standard InChI is InChI=1S/C15H21F5NO3P/c1-2-3-4-10-5-6-12(14(17)13(10)16)24-9-11(15(18,19)20)7-8-25(23)21-22/h5-6,11,21-23H,2-4,7-9H2,1H3. The monoisotopic (exact) mass is 389 g/mol. The zero-order valence-electron chi connectivity index (χ0n) is 13.6. The summed E-state index contributed by atoms with van der Waals surface area (Å²) in [6.07, 6.45) is -3.71. The highest BCUT2D eigenvalue weighted by Gasteiger charge is 2.40. The fraction of sp³-hybridized carbons (Fsp3) is 0.600. The molecule has 0 aliphatic carbocycles. The van der Waals surface area contributed by atoms with E-state index < -0.39 is 50.8 Å². The number of hydrogen-bond donors (Lipinski definition) is 3. The molecule has 1 aromatic rings. The first-order valence-electron chi connectivity index (χ1n) is 7.73. The fourth-order valence-corrected chi connectivity index (χ4v) is 2.76. The quantitative estimate of drug-likeness (QED) is 0.312. The third kappa shape index (κ3) is 7.01. The Kier molecular flexibility index (Phi) is 8.99. The molecule has 0 amide bonds. The van der Waals surface area contributed by atoms with Crippen LogP contribution in [0.2, 0.25) is 0 Å². The van der Waals surface area contributed by atoms with Crippen molar-refractivity contribution in [1.29, 1.82) is 0 Å². The molecular weight excluding hydrogens is 368 g/mol. The zero-order chi connectivity index (χ0) is 19.0. The highest BCUT2D eigenvalue weighted by atomic mass is 31.2. The van der Waals surface area contributed by atoms with E-state index in [1.54, 1.807) is 0 Å². The molecule has 0 bridgehead atoms. The van der Waals surface area contributed by atoms with E-state index in [1.807, 2.05) is 6.92 Å². The van der Waals surface area contributed by atoms with Gasteiger partial charge in [0.05, 0.1) is 12.5 Å². The highest BCUT2D eigenvalue weighted by molar-refractivity contribution is 7.49. The minimum Gasteiger partial charge on any atom is -0.490 e. The predicted octanol–water partition coefficient (Wildman–Crippen LogP) is 4.54. The summed E-state index contributed by atoms with van der Waals surface area (Å²) in [6, 6.07) is 2.42. The molecule has 0 fully saturated rings. The van der Waals surface area contributed by atoms with Crippen molar-refractivity contribution >= 4 is 8.30 Å². The predicted molar refractivity (Wildman–Crippen MR) is 83.6 cm³/mol. The van der Waals surface area contributed by atoms with Crippen molar-refractivity contribution in [2.75, 3.05) is 12.8 Å². The van der Waals surface area contributed by atoms with Crippen LogP contribution < -0.4 is 9.99 Å². The second-order valence-electron chi connectivity index (χ2n) is 5.52. The van der Waals surface area contributed by atoms with Gasteiger partial charge in [-0.25, -0.2) is 4.39 Å². The van der Waals surface area contributed by atoms with Crippen molar-refractivity contribution in [2.24, 2.45) is 5.92 Å². The summed E-state index contributed by atoms with van der Waals surface area (Å²) in [6.45, 7) is 0.983. The zero-order valence-corrected chi connectivity index (χ0v) is 14.5. The first-order chi connectivity index (χ1) is 11.7. The molecule has 144 valence electrons. The van der Waals surface area contributed by atoms with Gasteiger partial charge in [-0.1, -0.05) is 19.4 Å². The van der Waals surface area contributed by atoms with Gasteiger partial charge in [0.2, 0.25) is 5.82 Å². The van der Waals surface area contributed by atoms with Crippen LogP contribution in [0, 0.1) is 17.6 Å². The molecule has 0 saturated heterocycles. The van der Waals surface area contributed by atoms with Crippen LogP contribution in [0.25, 0.3) is 0 Å². The van der Waals surface area contributed by atoms with Gasteiger partial charge in [0.1, 0.15) is 8.30 Å². The molecule has 25 heavy (non-hydrogen) atoms. The lowest BCUT2D eigenvalue weighted by molar-refractivity contribution is -0.182. The van der Waals surface area contributed by atoms with Crippen molar-refractivity contribution < 1.29 is 36.8 Å². The molecule has 0 aliphatic rings. The number of unbranched alkanes of at least 4 members (excludes halogenated alkanes) is 1. The van der Waals surface area contributed by atoms with Gasteiger partial charge in [-0.2, -0.15) is 22.8 Å². The maximum atomic E-state index is 13.9. The summed E-state index contributed by atoms with van der Waals surface area (Å²) in [5.41, 5.74) is 0.152. The van der Waals surface area contributed by atoms with Crippen molar-refractivity contribution in [3.63, 3.8) is 0 Å². The van der Waals surface area contributed by atoms with Gasteiger partial charge < -0.3 is 14.8 Å². The summed E-state index contributed by atoms with van der Waals surface area (Å²) >= 11 is 0. The minimum atomic E-state index is -4.64. The lowest BCUT2D eigenvalue weighted by Crippen LogP contribution is -2.30. The van der Waals surface area contributed by atoms with Gasteiger partial charge >= 0.3 is 6.18 Å². The van der Waals surface area contributed by atoms with Crippen LogP contribution in [0.3, 0.4) is 0 Å². The van der Waals surface area contributed by atoms with Crippen molar-refractivity contribution in [2.45, 2.75) is 38.8 Å². The number of halogens is 5. The van der Waals surface area contributed by atoms with E-state index in [1.165, 1.54) is 11.3 Å². The number of hydrogen-bond acceptors (Lipinski definition) is 4. The van der Waals surface area contributed by atoms with Crippen LogP contribution in [-0.4, -0.2) is 29.0 Å². The van der Waals surface area contributed by atoms with E-state index in [4.69, 9.17) is 14.8 Å². The molecule has 0 radical (unpaired) electrons. The fourth-order valence-electron chi connectivity index (χ4n) is 2.10. The molecule has 2 unspecified atom stereocenters. The average Bonchev–Trinajstić information content (AvgIpc) is 2.56. The lowest BCUT2D eigenvalue weighted by Gasteiger charge is -2.21. The Labute approximate surface area is 143 Å². The van der Waals surface area contributed by atoms with Gasteiger partial charge in [0, 0.05) is 6.16 Å². The molecule has 10 heteroatoms. The van der Waals surface area contributed by atoms with E-state index >= 15 is 0 Å². The summed E-state index contributed by atoms with van der Waals surface area (Å²) < 4.78 is 71.5. The number of nitrogens with one attached hydrogen (secondary N) is 1. The average molecular weight is 389 g/mol. The normalized spacial score (nSPS) is 14.4. The molecule has 2 atom stereocenters. The van der Waals surface area contributed by atoms with Crippen LogP contribution in [0.15, 0.2) is 12.1 Å². The second kappa shape index (κ2) is 10.2.